The first-order valence-corrected chi connectivity index (χ1v) is 11.1. The number of hydrogen-bond acceptors (Lipinski definition) is 5. The van der Waals surface area contributed by atoms with E-state index in [4.69, 9.17) is 8.92 Å². The molecule has 1 heterocycles. The summed E-state index contributed by atoms with van der Waals surface area (Å²) in [6.45, 7) is 13.0. The second kappa shape index (κ2) is 8.41. The van der Waals surface area contributed by atoms with E-state index in [9.17, 15) is 13.2 Å². The van der Waals surface area contributed by atoms with E-state index in [2.05, 4.69) is 13.8 Å². The minimum atomic E-state index is -3.74. The summed E-state index contributed by atoms with van der Waals surface area (Å²) in [6, 6.07) is 6.64. The van der Waals surface area contributed by atoms with Crippen LogP contribution in [-0.2, 0) is 19.0 Å². The normalized spacial score (nSPS) is 20.1. The summed E-state index contributed by atoms with van der Waals surface area (Å²) in [7, 11) is -3.74. The predicted molar refractivity (Wildman–Crippen MR) is 109 cm³/mol. The van der Waals surface area contributed by atoms with Crippen molar-refractivity contribution in [3.63, 3.8) is 0 Å². The number of nitrogens with zero attached hydrogens (tertiary/aromatic N) is 1. The summed E-state index contributed by atoms with van der Waals surface area (Å²) < 4.78 is 35.4. The van der Waals surface area contributed by atoms with Crippen LogP contribution in [0, 0.1) is 18.3 Å². The van der Waals surface area contributed by atoms with Crippen molar-refractivity contribution in [2.75, 3.05) is 19.7 Å². The van der Waals surface area contributed by atoms with Crippen molar-refractivity contribution in [1.82, 2.24) is 4.90 Å². The summed E-state index contributed by atoms with van der Waals surface area (Å²) in [5, 5.41) is 0. The molecular formula is C21H33NO5S. The van der Waals surface area contributed by atoms with Crippen molar-refractivity contribution in [1.29, 1.82) is 0 Å². The molecule has 0 bridgehead atoms. The molecule has 0 N–H and O–H groups in total. The summed E-state index contributed by atoms with van der Waals surface area (Å²) in [5.74, 6) is 0.263. The molecule has 2 rings (SSSR count). The Balaban J connectivity index is 1.90. The van der Waals surface area contributed by atoms with E-state index < -0.39 is 15.7 Å². The van der Waals surface area contributed by atoms with Crippen LogP contribution in [-0.4, -0.2) is 44.7 Å². The third kappa shape index (κ3) is 6.21. The van der Waals surface area contributed by atoms with Crippen molar-refractivity contribution in [2.24, 2.45) is 11.3 Å². The number of likely N-dealkylation sites (tertiary alicyclic amines) is 1. The smallest absolute Gasteiger partial charge is 0.410 e. The zero-order valence-corrected chi connectivity index (χ0v) is 18.6. The van der Waals surface area contributed by atoms with Crippen LogP contribution in [0.25, 0.3) is 0 Å². The van der Waals surface area contributed by atoms with E-state index in [1.165, 1.54) is 0 Å². The first-order chi connectivity index (χ1) is 12.8. The standard InChI is InChI=1S/C21H33NO5S/c1-16-7-9-18(10-8-16)28(24,25)26-14-12-17-11-13-22(15-21(17,5)6)19(23)27-20(2,3)4/h7-10,17H,11-15H2,1-6H3. The van der Waals surface area contributed by atoms with Crippen LogP contribution < -0.4 is 0 Å². The molecule has 1 aromatic carbocycles. The van der Waals surface area contributed by atoms with Gasteiger partial charge in [0.2, 0.25) is 0 Å². The van der Waals surface area contributed by atoms with Gasteiger partial charge in [-0.25, -0.2) is 4.79 Å². The van der Waals surface area contributed by atoms with Gasteiger partial charge in [-0.1, -0.05) is 31.5 Å². The molecule has 1 aliphatic heterocycles. The van der Waals surface area contributed by atoms with E-state index in [0.717, 1.165) is 12.0 Å². The third-order valence-electron chi connectivity index (χ3n) is 5.12. The molecule has 0 radical (unpaired) electrons. The average Bonchev–Trinajstić information content (AvgIpc) is 2.54. The Bertz CT molecular complexity index is 778. The number of piperidine rings is 1. The van der Waals surface area contributed by atoms with Gasteiger partial charge in [0.1, 0.15) is 5.60 Å². The minimum Gasteiger partial charge on any atom is -0.444 e. The highest BCUT2D eigenvalue weighted by Crippen LogP contribution is 2.37. The van der Waals surface area contributed by atoms with E-state index >= 15 is 0 Å². The predicted octanol–water partition coefficient (Wildman–Crippen LogP) is 4.37. The number of ether oxygens (including phenoxy) is 1. The Labute approximate surface area is 169 Å². The fourth-order valence-corrected chi connectivity index (χ4v) is 4.41. The molecular weight excluding hydrogens is 378 g/mol. The molecule has 1 aliphatic rings. The number of hydrogen-bond donors (Lipinski definition) is 0. The molecule has 158 valence electrons. The first-order valence-electron chi connectivity index (χ1n) is 9.74. The maximum Gasteiger partial charge on any atom is 0.410 e. The number of carbonyl (C=O) groups is 1. The number of aryl methyl sites for hydroxylation is 1. The lowest BCUT2D eigenvalue weighted by atomic mass is 9.72. The maximum atomic E-state index is 12.3. The Morgan fingerprint density at radius 2 is 1.82 bits per heavy atom. The van der Waals surface area contributed by atoms with Gasteiger partial charge in [-0.05, 0) is 64.0 Å². The molecule has 28 heavy (non-hydrogen) atoms. The van der Waals surface area contributed by atoms with Crippen molar-refractivity contribution in [2.45, 2.75) is 64.9 Å². The quantitative estimate of drug-likeness (QED) is 0.673. The van der Waals surface area contributed by atoms with Crippen LogP contribution in [0.3, 0.4) is 0 Å². The third-order valence-corrected chi connectivity index (χ3v) is 6.44. The molecule has 0 spiro atoms. The molecule has 1 saturated heterocycles. The highest BCUT2D eigenvalue weighted by atomic mass is 32.2. The minimum absolute atomic E-state index is 0.136. The van der Waals surface area contributed by atoms with Crippen LogP contribution in [0.1, 0.15) is 53.0 Å². The SMILES string of the molecule is Cc1ccc(S(=O)(=O)OCCC2CCN(C(=O)OC(C)(C)C)CC2(C)C)cc1. The molecule has 6 nitrogen and oxygen atoms in total. The Hall–Kier alpha value is -1.60. The number of amides is 1. The Kier molecular flexibility index (Phi) is 6.82. The largest absolute Gasteiger partial charge is 0.444 e. The Morgan fingerprint density at radius 1 is 1.21 bits per heavy atom. The lowest BCUT2D eigenvalue weighted by Crippen LogP contribution is -2.49. The Morgan fingerprint density at radius 3 is 2.36 bits per heavy atom. The first kappa shape index (κ1) is 22.7. The molecule has 0 saturated carbocycles. The number of rotatable bonds is 5. The van der Waals surface area contributed by atoms with E-state index in [0.29, 0.717) is 19.5 Å². The highest BCUT2D eigenvalue weighted by molar-refractivity contribution is 7.86. The lowest BCUT2D eigenvalue weighted by Gasteiger charge is -2.44. The second-order valence-corrected chi connectivity index (χ2v) is 10.9. The monoisotopic (exact) mass is 411 g/mol. The fourth-order valence-electron chi connectivity index (χ4n) is 3.49. The van der Waals surface area contributed by atoms with E-state index in [1.54, 1.807) is 29.2 Å². The molecule has 1 amide bonds. The van der Waals surface area contributed by atoms with Crippen molar-refractivity contribution in [3.8, 4) is 0 Å². The van der Waals surface area contributed by atoms with Crippen LogP contribution in [0.2, 0.25) is 0 Å². The van der Waals surface area contributed by atoms with E-state index in [-0.39, 0.29) is 28.9 Å². The van der Waals surface area contributed by atoms with Crippen molar-refractivity contribution in [3.05, 3.63) is 29.8 Å². The second-order valence-electron chi connectivity index (χ2n) is 9.25. The van der Waals surface area contributed by atoms with Crippen molar-refractivity contribution >= 4 is 16.2 Å². The molecule has 1 unspecified atom stereocenters. The average molecular weight is 412 g/mol. The summed E-state index contributed by atoms with van der Waals surface area (Å²) >= 11 is 0. The lowest BCUT2D eigenvalue weighted by molar-refractivity contribution is -0.00698. The van der Waals surface area contributed by atoms with Crippen molar-refractivity contribution < 1.29 is 22.1 Å². The fraction of sp³-hybridized carbons (Fsp3) is 0.667. The zero-order chi connectivity index (χ0) is 21.2. The molecule has 1 atom stereocenters. The summed E-state index contributed by atoms with van der Waals surface area (Å²) in [6.07, 6.45) is 1.12. The molecule has 0 aliphatic carbocycles. The van der Waals surface area contributed by atoms with Gasteiger partial charge in [-0.3, -0.25) is 4.18 Å². The van der Waals surface area contributed by atoms with Gasteiger partial charge in [0, 0.05) is 13.1 Å². The maximum absolute atomic E-state index is 12.3. The number of carbonyl (C=O) groups excluding carboxylic acids is 1. The number of benzene rings is 1. The van der Waals surface area contributed by atoms with Crippen LogP contribution >= 0.6 is 0 Å². The van der Waals surface area contributed by atoms with Gasteiger partial charge in [-0.2, -0.15) is 8.42 Å². The van der Waals surface area contributed by atoms with Crippen LogP contribution in [0.4, 0.5) is 4.79 Å². The topological polar surface area (TPSA) is 72.9 Å². The van der Waals surface area contributed by atoms with Gasteiger partial charge in [-0.15, -0.1) is 0 Å². The molecule has 7 heteroatoms. The van der Waals surface area contributed by atoms with Gasteiger partial charge in [0.25, 0.3) is 10.1 Å². The van der Waals surface area contributed by atoms with Gasteiger partial charge in [0.05, 0.1) is 11.5 Å². The van der Waals surface area contributed by atoms with Gasteiger partial charge in [0.15, 0.2) is 0 Å². The molecule has 1 aromatic rings. The molecule has 1 fully saturated rings. The van der Waals surface area contributed by atoms with E-state index in [1.807, 2.05) is 27.7 Å². The summed E-state index contributed by atoms with van der Waals surface area (Å²) in [4.78, 5) is 14.3. The van der Waals surface area contributed by atoms with Crippen LogP contribution in [0.5, 0.6) is 0 Å². The molecule has 0 aromatic heterocycles. The summed E-state index contributed by atoms with van der Waals surface area (Å²) in [5.41, 5.74) is 0.333. The highest BCUT2D eigenvalue weighted by Gasteiger charge is 2.38. The zero-order valence-electron chi connectivity index (χ0n) is 17.8. The van der Waals surface area contributed by atoms with Crippen LogP contribution in [0.15, 0.2) is 29.2 Å². The van der Waals surface area contributed by atoms with Gasteiger partial charge >= 0.3 is 6.09 Å². The van der Waals surface area contributed by atoms with Gasteiger partial charge < -0.3 is 9.64 Å².